The smallest absolute Gasteiger partial charge is 0.251 e. The van der Waals surface area contributed by atoms with Crippen LogP contribution in [0, 0.1) is 4.77 Å². The molecule has 1 N–H and O–H groups in total. The van der Waals surface area contributed by atoms with E-state index >= 15 is 0 Å². The van der Waals surface area contributed by atoms with Gasteiger partial charge in [0, 0.05) is 18.8 Å². The van der Waals surface area contributed by atoms with Crippen molar-refractivity contribution in [1.82, 2.24) is 9.55 Å². The molecule has 0 bridgehead atoms. The summed E-state index contributed by atoms with van der Waals surface area (Å²) in [5, 5.41) is 0. The van der Waals surface area contributed by atoms with Crippen LogP contribution in [0.15, 0.2) is 29.2 Å². The molecule has 0 saturated carbocycles. The molecule has 0 spiro atoms. The fourth-order valence-electron chi connectivity index (χ4n) is 1.03. The predicted octanol–water partition coefficient (Wildman–Crippen LogP) is 1.50. The predicted molar refractivity (Wildman–Crippen MR) is 61.5 cm³/mol. The fourth-order valence-corrected chi connectivity index (χ4v) is 1.28. The van der Waals surface area contributed by atoms with Gasteiger partial charge in [-0.3, -0.25) is 9.78 Å². The summed E-state index contributed by atoms with van der Waals surface area (Å²) in [7, 11) is 0. The van der Waals surface area contributed by atoms with Crippen molar-refractivity contribution in [3.8, 4) is 0 Å². The van der Waals surface area contributed by atoms with Crippen LogP contribution in [0.5, 0.6) is 0 Å². The van der Waals surface area contributed by atoms with E-state index in [0.717, 1.165) is 5.57 Å². The number of ether oxygens (including phenoxy) is 1. The summed E-state index contributed by atoms with van der Waals surface area (Å²) in [6, 6.07) is 1.44. The number of H-pyrrole nitrogens is 1. The topological polar surface area (TPSA) is 47.0 Å². The highest BCUT2D eigenvalue weighted by Crippen LogP contribution is 1.91. The molecule has 1 rings (SSSR count). The van der Waals surface area contributed by atoms with Crippen molar-refractivity contribution in [2.75, 3.05) is 13.2 Å². The summed E-state index contributed by atoms with van der Waals surface area (Å²) in [6.07, 6.45) is 1.66. The Bertz CT molecular complexity index is 447. The van der Waals surface area contributed by atoms with Gasteiger partial charge in [-0.25, -0.2) is 0 Å². The highest BCUT2D eigenvalue weighted by Gasteiger charge is 1.93. The maximum absolute atomic E-state index is 10.9. The molecule has 0 amide bonds. The van der Waals surface area contributed by atoms with Gasteiger partial charge in [0.2, 0.25) is 0 Å². The maximum Gasteiger partial charge on any atom is 0.251 e. The number of rotatable bonds is 5. The van der Waals surface area contributed by atoms with Crippen molar-refractivity contribution in [1.29, 1.82) is 0 Å². The Morgan fingerprint density at radius 2 is 2.47 bits per heavy atom. The summed E-state index contributed by atoms with van der Waals surface area (Å²) in [4.78, 5) is 13.4. The molecule has 0 unspecified atom stereocenters. The number of aromatic amines is 1. The lowest BCUT2D eigenvalue weighted by Gasteiger charge is -2.06. The third kappa shape index (κ3) is 4.22. The largest absolute Gasteiger partial charge is 0.375 e. The summed E-state index contributed by atoms with van der Waals surface area (Å²) in [5.41, 5.74) is 0.805. The van der Waals surface area contributed by atoms with E-state index in [2.05, 4.69) is 11.6 Å². The van der Waals surface area contributed by atoms with E-state index in [1.165, 1.54) is 6.07 Å². The molecule has 5 heteroatoms. The molecule has 15 heavy (non-hydrogen) atoms. The Balaban J connectivity index is 2.48. The van der Waals surface area contributed by atoms with Crippen LogP contribution in [-0.2, 0) is 11.3 Å². The van der Waals surface area contributed by atoms with Gasteiger partial charge < -0.3 is 9.30 Å². The van der Waals surface area contributed by atoms with Crippen LogP contribution in [0.3, 0.4) is 0 Å². The molecular formula is C10H14N2O2S. The molecule has 82 valence electrons. The first-order valence-electron chi connectivity index (χ1n) is 4.61. The third-order valence-electron chi connectivity index (χ3n) is 1.72. The van der Waals surface area contributed by atoms with Crippen LogP contribution >= 0.6 is 12.2 Å². The lowest BCUT2D eigenvalue weighted by atomic mass is 10.4. The lowest BCUT2D eigenvalue weighted by molar-refractivity contribution is 0.146. The molecular weight excluding hydrogens is 212 g/mol. The van der Waals surface area contributed by atoms with Gasteiger partial charge in [0.15, 0.2) is 4.77 Å². The molecule has 1 aromatic heterocycles. The van der Waals surface area contributed by atoms with Gasteiger partial charge in [0.05, 0.1) is 13.2 Å². The van der Waals surface area contributed by atoms with E-state index in [1.807, 2.05) is 6.92 Å². The number of hydrogen-bond donors (Lipinski definition) is 1. The quantitative estimate of drug-likeness (QED) is 0.470. The number of hydrogen-bond acceptors (Lipinski definition) is 3. The van der Waals surface area contributed by atoms with Crippen molar-refractivity contribution >= 4 is 12.2 Å². The first-order chi connectivity index (χ1) is 7.09. The summed E-state index contributed by atoms with van der Waals surface area (Å²) in [6.45, 7) is 7.37. The molecule has 0 fully saturated rings. The molecule has 0 aliphatic heterocycles. The number of nitrogens with one attached hydrogen (secondary N) is 1. The van der Waals surface area contributed by atoms with Crippen LogP contribution in [-0.4, -0.2) is 22.8 Å². The molecule has 0 aliphatic rings. The number of nitrogens with zero attached hydrogens (tertiary/aromatic N) is 1. The molecule has 0 aliphatic carbocycles. The van der Waals surface area contributed by atoms with Gasteiger partial charge >= 0.3 is 0 Å². The second kappa shape index (κ2) is 5.63. The van der Waals surface area contributed by atoms with Crippen LogP contribution in [0.2, 0.25) is 0 Å². The highest BCUT2D eigenvalue weighted by molar-refractivity contribution is 7.71. The van der Waals surface area contributed by atoms with Crippen LogP contribution < -0.4 is 5.56 Å². The van der Waals surface area contributed by atoms with Crippen molar-refractivity contribution in [2.45, 2.75) is 13.5 Å². The SMILES string of the molecule is C=C(C)COCCn1ccc(=O)[nH]c1=S. The summed E-state index contributed by atoms with van der Waals surface area (Å²) < 4.78 is 7.50. The molecule has 0 saturated heterocycles. The second-order valence-corrected chi connectivity index (χ2v) is 3.70. The van der Waals surface area contributed by atoms with Crippen molar-refractivity contribution in [3.05, 3.63) is 39.5 Å². The third-order valence-corrected chi connectivity index (χ3v) is 2.06. The van der Waals surface area contributed by atoms with Gasteiger partial charge in [-0.1, -0.05) is 12.2 Å². The van der Waals surface area contributed by atoms with Crippen LogP contribution in [0.25, 0.3) is 0 Å². The standard InChI is InChI=1S/C10H14N2O2S/c1-8(2)7-14-6-5-12-4-3-9(13)11-10(12)15/h3-4H,1,5-7H2,2H3,(H,11,13,15). The zero-order valence-corrected chi connectivity index (χ0v) is 9.47. The van der Waals surface area contributed by atoms with E-state index < -0.39 is 0 Å². The highest BCUT2D eigenvalue weighted by atomic mass is 32.1. The minimum atomic E-state index is -0.181. The zero-order valence-electron chi connectivity index (χ0n) is 8.66. The maximum atomic E-state index is 10.9. The normalized spacial score (nSPS) is 10.2. The minimum absolute atomic E-state index is 0.181. The van der Waals surface area contributed by atoms with Crippen molar-refractivity contribution in [2.24, 2.45) is 0 Å². The fraction of sp³-hybridized carbons (Fsp3) is 0.400. The Kier molecular flexibility index (Phi) is 4.45. The molecule has 0 atom stereocenters. The van der Waals surface area contributed by atoms with Crippen molar-refractivity contribution in [3.63, 3.8) is 0 Å². The summed E-state index contributed by atoms with van der Waals surface area (Å²) in [5.74, 6) is 0. The Hall–Kier alpha value is -1.20. The first kappa shape index (κ1) is 11.9. The van der Waals surface area contributed by atoms with E-state index in [-0.39, 0.29) is 5.56 Å². The molecule has 1 aromatic rings. The minimum Gasteiger partial charge on any atom is -0.375 e. The van der Waals surface area contributed by atoms with E-state index in [9.17, 15) is 4.79 Å². The van der Waals surface area contributed by atoms with Crippen molar-refractivity contribution < 1.29 is 4.74 Å². The monoisotopic (exact) mass is 226 g/mol. The van der Waals surface area contributed by atoms with E-state index in [4.69, 9.17) is 17.0 Å². The Morgan fingerprint density at radius 3 is 3.07 bits per heavy atom. The Morgan fingerprint density at radius 1 is 1.73 bits per heavy atom. The first-order valence-corrected chi connectivity index (χ1v) is 5.02. The van der Waals surface area contributed by atoms with Gasteiger partial charge in [-0.2, -0.15) is 0 Å². The van der Waals surface area contributed by atoms with Crippen LogP contribution in [0.1, 0.15) is 6.92 Å². The van der Waals surface area contributed by atoms with E-state index in [1.54, 1.807) is 10.8 Å². The van der Waals surface area contributed by atoms with Gasteiger partial charge in [0.25, 0.3) is 5.56 Å². The zero-order chi connectivity index (χ0) is 11.3. The average molecular weight is 226 g/mol. The van der Waals surface area contributed by atoms with Gasteiger partial charge in [-0.05, 0) is 19.1 Å². The molecule has 0 aromatic carbocycles. The molecule has 4 nitrogen and oxygen atoms in total. The van der Waals surface area contributed by atoms with E-state index in [0.29, 0.717) is 24.5 Å². The van der Waals surface area contributed by atoms with Gasteiger partial charge in [0.1, 0.15) is 0 Å². The average Bonchev–Trinajstić information content (AvgIpc) is 2.14. The second-order valence-electron chi connectivity index (χ2n) is 3.31. The summed E-state index contributed by atoms with van der Waals surface area (Å²) >= 11 is 4.97. The molecule has 0 radical (unpaired) electrons. The van der Waals surface area contributed by atoms with Gasteiger partial charge in [-0.15, -0.1) is 0 Å². The molecule has 1 heterocycles. The number of aromatic nitrogens is 2. The lowest BCUT2D eigenvalue weighted by Crippen LogP contribution is -2.14. The Labute approximate surface area is 93.2 Å². The van der Waals surface area contributed by atoms with Crippen LogP contribution in [0.4, 0.5) is 0 Å².